The first-order valence-electron chi connectivity index (χ1n) is 7.66. The molecular formula is C18H19ClN2O4. The summed E-state index contributed by atoms with van der Waals surface area (Å²) < 4.78 is 10.7. The molecule has 0 atom stereocenters. The van der Waals surface area contributed by atoms with Crippen LogP contribution in [-0.4, -0.2) is 30.4 Å². The van der Waals surface area contributed by atoms with Crippen LogP contribution in [0.1, 0.15) is 18.1 Å². The van der Waals surface area contributed by atoms with Crippen LogP contribution in [0.5, 0.6) is 17.2 Å². The van der Waals surface area contributed by atoms with Gasteiger partial charge in [-0.25, -0.2) is 5.43 Å². The van der Waals surface area contributed by atoms with E-state index in [1.54, 1.807) is 30.3 Å². The molecule has 2 aromatic rings. The van der Waals surface area contributed by atoms with Crippen molar-refractivity contribution in [2.24, 2.45) is 5.10 Å². The van der Waals surface area contributed by atoms with Crippen molar-refractivity contribution >= 4 is 23.7 Å². The van der Waals surface area contributed by atoms with E-state index in [0.717, 1.165) is 5.56 Å². The van der Waals surface area contributed by atoms with Gasteiger partial charge < -0.3 is 14.6 Å². The Labute approximate surface area is 151 Å². The minimum atomic E-state index is -0.394. The van der Waals surface area contributed by atoms with Gasteiger partial charge in [-0.1, -0.05) is 11.6 Å². The van der Waals surface area contributed by atoms with Gasteiger partial charge >= 0.3 is 0 Å². The Morgan fingerprint density at radius 1 is 1.24 bits per heavy atom. The zero-order chi connectivity index (χ0) is 18.2. The number of halogens is 1. The lowest BCUT2D eigenvalue weighted by Gasteiger charge is -2.08. The van der Waals surface area contributed by atoms with Crippen molar-refractivity contribution in [3.05, 3.63) is 52.5 Å². The van der Waals surface area contributed by atoms with Crippen LogP contribution in [0.25, 0.3) is 0 Å². The summed E-state index contributed by atoms with van der Waals surface area (Å²) in [6.07, 6.45) is 1.45. The first-order valence-corrected chi connectivity index (χ1v) is 8.04. The van der Waals surface area contributed by atoms with E-state index in [1.807, 2.05) is 13.8 Å². The number of ether oxygens (including phenoxy) is 2. The maximum absolute atomic E-state index is 11.8. The minimum absolute atomic E-state index is 0.0507. The fraction of sp³-hybridized carbons (Fsp3) is 0.222. The number of hydrazone groups is 1. The SMILES string of the molecule is CCOc1cc(/C=N/NC(=O)COc2ccc(Cl)cc2C)ccc1O. The number of nitrogens with one attached hydrogen (secondary N) is 1. The van der Waals surface area contributed by atoms with Crippen molar-refractivity contribution in [1.29, 1.82) is 0 Å². The Bertz CT molecular complexity index is 778. The third-order valence-corrected chi connectivity index (χ3v) is 3.42. The van der Waals surface area contributed by atoms with E-state index in [2.05, 4.69) is 10.5 Å². The number of phenols is 1. The lowest BCUT2D eigenvalue weighted by molar-refractivity contribution is -0.123. The molecule has 0 aromatic heterocycles. The Balaban J connectivity index is 1.87. The highest BCUT2D eigenvalue weighted by atomic mass is 35.5. The number of hydrogen-bond donors (Lipinski definition) is 2. The number of aryl methyl sites for hydroxylation is 1. The number of benzene rings is 2. The van der Waals surface area contributed by atoms with Gasteiger partial charge in [-0.05, 0) is 61.4 Å². The van der Waals surface area contributed by atoms with Gasteiger partial charge in [0.2, 0.25) is 0 Å². The quantitative estimate of drug-likeness (QED) is 0.585. The standard InChI is InChI=1S/C18H19ClN2O4/c1-3-24-17-9-13(4-6-15(17)22)10-20-21-18(23)11-25-16-7-5-14(19)8-12(16)2/h4-10,22H,3,11H2,1-2H3,(H,21,23)/b20-10+. The zero-order valence-electron chi connectivity index (χ0n) is 14.0. The molecule has 2 rings (SSSR count). The Morgan fingerprint density at radius 3 is 2.76 bits per heavy atom. The minimum Gasteiger partial charge on any atom is -0.504 e. The van der Waals surface area contributed by atoms with Gasteiger partial charge in [0.15, 0.2) is 18.1 Å². The lowest BCUT2D eigenvalue weighted by Crippen LogP contribution is -2.24. The second-order valence-electron chi connectivity index (χ2n) is 5.15. The maximum atomic E-state index is 11.8. The molecule has 0 saturated carbocycles. The highest BCUT2D eigenvalue weighted by molar-refractivity contribution is 6.30. The maximum Gasteiger partial charge on any atom is 0.277 e. The first-order chi connectivity index (χ1) is 12.0. The van der Waals surface area contributed by atoms with Crippen LogP contribution >= 0.6 is 11.6 Å². The highest BCUT2D eigenvalue weighted by Crippen LogP contribution is 2.26. The third kappa shape index (κ3) is 5.69. The molecule has 25 heavy (non-hydrogen) atoms. The summed E-state index contributed by atoms with van der Waals surface area (Å²) >= 11 is 5.87. The third-order valence-electron chi connectivity index (χ3n) is 3.18. The summed E-state index contributed by atoms with van der Waals surface area (Å²) in [6.45, 7) is 3.94. The van der Waals surface area contributed by atoms with Crippen molar-refractivity contribution in [1.82, 2.24) is 5.43 Å². The van der Waals surface area contributed by atoms with Gasteiger partial charge in [-0.3, -0.25) is 4.79 Å². The fourth-order valence-corrected chi connectivity index (χ4v) is 2.24. The molecule has 0 bridgehead atoms. The smallest absolute Gasteiger partial charge is 0.277 e. The van der Waals surface area contributed by atoms with Crippen LogP contribution in [0, 0.1) is 6.92 Å². The van der Waals surface area contributed by atoms with Gasteiger partial charge in [0.1, 0.15) is 5.75 Å². The number of carbonyl (C=O) groups is 1. The van der Waals surface area contributed by atoms with Crippen LogP contribution < -0.4 is 14.9 Å². The van der Waals surface area contributed by atoms with E-state index in [4.69, 9.17) is 21.1 Å². The Morgan fingerprint density at radius 2 is 2.04 bits per heavy atom. The first kappa shape index (κ1) is 18.6. The summed E-state index contributed by atoms with van der Waals surface area (Å²) in [5, 5.41) is 14.1. The molecular weight excluding hydrogens is 344 g/mol. The predicted molar refractivity (Wildman–Crippen MR) is 96.7 cm³/mol. The van der Waals surface area contributed by atoms with Crippen LogP contribution in [0.2, 0.25) is 5.02 Å². The van der Waals surface area contributed by atoms with Crippen molar-refractivity contribution < 1.29 is 19.4 Å². The van der Waals surface area contributed by atoms with Crippen molar-refractivity contribution in [2.45, 2.75) is 13.8 Å². The topological polar surface area (TPSA) is 80.2 Å². The van der Waals surface area contributed by atoms with E-state index < -0.39 is 5.91 Å². The summed E-state index contributed by atoms with van der Waals surface area (Å²) in [6, 6.07) is 9.94. The summed E-state index contributed by atoms with van der Waals surface area (Å²) in [5.41, 5.74) is 3.90. The molecule has 6 nitrogen and oxygen atoms in total. The van der Waals surface area contributed by atoms with Crippen LogP contribution in [0.4, 0.5) is 0 Å². The molecule has 0 spiro atoms. The average Bonchev–Trinajstić information content (AvgIpc) is 2.57. The van der Waals surface area contributed by atoms with Crippen LogP contribution in [0.15, 0.2) is 41.5 Å². The number of nitrogens with zero attached hydrogens (tertiary/aromatic N) is 1. The lowest BCUT2D eigenvalue weighted by atomic mass is 10.2. The molecule has 0 unspecified atom stereocenters. The second kappa shape index (κ2) is 8.94. The molecule has 0 fully saturated rings. The summed E-state index contributed by atoms with van der Waals surface area (Å²) in [7, 11) is 0. The van der Waals surface area contributed by atoms with Crippen LogP contribution in [-0.2, 0) is 4.79 Å². The molecule has 2 aromatic carbocycles. The number of carbonyl (C=O) groups excluding carboxylic acids is 1. The van der Waals surface area contributed by atoms with E-state index in [1.165, 1.54) is 12.3 Å². The van der Waals surface area contributed by atoms with Gasteiger partial charge in [0.25, 0.3) is 5.91 Å². The zero-order valence-corrected chi connectivity index (χ0v) is 14.7. The van der Waals surface area contributed by atoms with Gasteiger partial charge in [-0.15, -0.1) is 0 Å². The molecule has 0 saturated heterocycles. The number of hydrogen-bond acceptors (Lipinski definition) is 5. The Hall–Kier alpha value is -2.73. The normalized spacial score (nSPS) is 10.7. The molecule has 7 heteroatoms. The predicted octanol–water partition coefficient (Wildman–Crippen LogP) is 3.28. The average molecular weight is 363 g/mol. The monoisotopic (exact) mass is 362 g/mol. The Kier molecular flexibility index (Phi) is 6.65. The number of amides is 1. The number of phenolic OH excluding ortho intramolecular Hbond substituents is 1. The van der Waals surface area contributed by atoms with Crippen molar-refractivity contribution in [3.63, 3.8) is 0 Å². The summed E-state index contributed by atoms with van der Waals surface area (Å²) in [4.78, 5) is 11.8. The molecule has 132 valence electrons. The molecule has 1 amide bonds. The van der Waals surface area contributed by atoms with E-state index >= 15 is 0 Å². The second-order valence-corrected chi connectivity index (χ2v) is 5.59. The molecule has 0 aliphatic carbocycles. The molecule has 2 N–H and O–H groups in total. The molecule has 0 aliphatic rings. The number of rotatable bonds is 7. The fourth-order valence-electron chi connectivity index (χ4n) is 2.01. The van der Waals surface area contributed by atoms with Gasteiger partial charge in [0.05, 0.1) is 12.8 Å². The molecule has 0 heterocycles. The van der Waals surface area contributed by atoms with E-state index in [-0.39, 0.29) is 12.4 Å². The van der Waals surface area contributed by atoms with Gasteiger partial charge in [-0.2, -0.15) is 5.10 Å². The van der Waals surface area contributed by atoms with Crippen LogP contribution in [0.3, 0.4) is 0 Å². The van der Waals surface area contributed by atoms with Crippen molar-refractivity contribution in [2.75, 3.05) is 13.2 Å². The van der Waals surface area contributed by atoms with Gasteiger partial charge in [0, 0.05) is 5.02 Å². The molecule has 0 radical (unpaired) electrons. The van der Waals surface area contributed by atoms with Crippen molar-refractivity contribution in [3.8, 4) is 17.2 Å². The largest absolute Gasteiger partial charge is 0.504 e. The highest BCUT2D eigenvalue weighted by Gasteiger charge is 2.05. The van der Waals surface area contributed by atoms with E-state index in [9.17, 15) is 9.90 Å². The summed E-state index contributed by atoms with van der Waals surface area (Å²) in [5.74, 6) is 0.604. The number of aromatic hydroxyl groups is 1. The molecule has 0 aliphatic heterocycles. The van der Waals surface area contributed by atoms with E-state index in [0.29, 0.717) is 28.7 Å².